The van der Waals surface area contributed by atoms with Gasteiger partial charge in [-0.2, -0.15) is 0 Å². The van der Waals surface area contributed by atoms with Gasteiger partial charge >= 0.3 is 0 Å². The number of hydrogen-bond acceptors (Lipinski definition) is 2. The van der Waals surface area contributed by atoms with Crippen LogP contribution in [0.3, 0.4) is 0 Å². The molecule has 0 spiro atoms. The maximum Gasteiger partial charge on any atom is 0.119 e. The molecule has 0 unspecified atom stereocenters. The van der Waals surface area contributed by atoms with Crippen molar-refractivity contribution in [2.24, 2.45) is 5.92 Å². The van der Waals surface area contributed by atoms with Crippen LogP contribution in [0.4, 0.5) is 0 Å². The Morgan fingerprint density at radius 2 is 1.79 bits per heavy atom. The molecule has 2 nitrogen and oxygen atoms in total. The Labute approximate surface area is 172 Å². The lowest BCUT2D eigenvalue weighted by Crippen LogP contribution is -2.14. The van der Waals surface area contributed by atoms with E-state index in [4.69, 9.17) is 9.72 Å². The molecule has 29 heavy (non-hydrogen) atoms. The SMILES string of the molecule is CCCOc1ccc(-c2nc3ccc4ccccc4c3c3c2C[C@@H](C)CC3)cc1. The molecule has 0 aliphatic heterocycles. The Balaban J connectivity index is 1.72. The van der Waals surface area contributed by atoms with Crippen molar-refractivity contribution in [1.82, 2.24) is 4.98 Å². The van der Waals surface area contributed by atoms with Gasteiger partial charge in [0.1, 0.15) is 5.75 Å². The van der Waals surface area contributed by atoms with Crippen LogP contribution in [0, 0.1) is 5.92 Å². The summed E-state index contributed by atoms with van der Waals surface area (Å²) in [6, 6.07) is 21.6. The summed E-state index contributed by atoms with van der Waals surface area (Å²) < 4.78 is 5.77. The quantitative estimate of drug-likeness (QED) is 0.356. The number of pyridine rings is 1. The van der Waals surface area contributed by atoms with Crippen LogP contribution in [-0.4, -0.2) is 11.6 Å². The Bertz CT molecular complexity index is 1180. The molecule has 1 atom stereocenters. The number of aryl methyl sites for hydroxylation is 1. The normalized spacial score (nSPS) is 16.1. The first-order valence-electron chi connectivity index (χ1n) is 10.8. The summed E-state index contributed by atoms with van der Waals surface area (Å²) in [6.45, 7) is 5.25. The molecule has 0 fully saturated rings. The summed E-state index contributed by atoms with van der Waals surface area (Å²) in [4.78, 5) is 5.19. The average molecular weight is 382 g/mol. The van der Waals surface area contributed by atoms with Gasteiger partial charge in [0.05, 0.1) is 17.8 Å². The van der Waals surface area contributed by atoms with Crippen molar-refractivity contribution in [3.05, 3.63) is 71.8 Å². The van der Waals surface area contributed by atoms with Crippen molar-refractivity contribution < 1.29 is 4.74 Å². The molecule has 1 heterocycles. The van der Waals surface area contributed by atoms with Gasteiger partial charge in [0.25, 0.3) is 0 Å². The fourth-order valence-electron chi connectivity index (χ4n) is 4.66. The summed E-state index contributed by atoms with van der Waals surface area (Å²) in [5.74, 6) is 1.63. The minimum absolute atomic E-state index is 0.697. The van der Waals surface area contributed by atoms with E-state index in [1.807, 2.05) is 0 Å². The minimum Gasteiger partial charge on any atom is -0.494 e. The number of benzene rings is 3. The molecule has 2 heteroatoms. The molecule has 0 amide bonds. The second-order valence-electron chi connectivity index (χ2n) is 8.32. The highest BCUT2D eigenvalue weighted by Crippen LogP contribution is 2.39. The van der Waals surface area contributed by atoms with Crippen LogP contribution in [-0.2, 0) is 12.8 Å². The molecule has 0 bridgehead atoms. The first kappa shape index (κ1) is 18.2. The topological polar surface area (TPSA) is 22.1 Å². The third kappa shape index (κ3) is 3.27. The highest BCUT2D eigenvalue weighted by molar-refractivity contribution is 6.09. The molecular weight excluding hydrogens is 354 g/mol. The van der Waals surface area contributed by atoms with Crippen molar-refractivity contribution >= 4 is 21.7 Å². The number of fused-ring (bicyclic) bond motifs is 5. The van der Waals surface area contributed by atoms with E-state index in [1.165, 1.54) is 39.3 Å². The van der Waals surface area contributed by atoms with Gasteiger partial charge in [0.15, 0.2) is 0 Å². The third-order valence-electron chi connectivity index (χ3n) is 6.13. The van der Waals surface area contributed by atoms with E-state index >= 15 is 0 Å². The first-order chi connectivity index (χ1) is 14.2. The maximum absolute atomic E-state index is 5.77. The molecular formula is C27H27NO. The van der Waals surface area contributed by atoms with Crippen molar-refractivity contribution in [2.45, 2.75) is 39.5 Å². The fraction of sp³-hybridized carbons (Fsp3) is 0.296. The maximum atomic E-state index is 5.77. The van der Waals surface area contributed by atoms with E-state index in [0.29, 0.717) is 5.92 Å². The molecule has 4 aromatic rings. The zero-order valence-electron chi connectivity index (χ0n) is 17.2. The van der Waals surface area contributed by atoms with Gasteiger partial charge in [-0.15, -0.1) is 0 Å². The van der Waals surface area contributed by atoms with Gasteiger partial charge in [-0.1, -0.05) is 44.2 Å². The van der Waals surface area contributed by atoms with Gasteiger partial charge in [0, 0.05) is 10.9 Å². The highest BCUT2D eigenvalue weighted by atomic mass is 16.5. The monoisotopic (exact) mass is 381 g/mol. The van der Waals surface area contributed by atoms with Crippen LogP contribution in [0.1, 0.15) is 37.8 Å². The molecule has 1 aliphatic rings. The lowest BCUT2D eigenvalue weighted by atomic mass is 9.80. The Morgan fingerprint density at radius 3 is 2.62 bits per heavy atom. The number of aromatic nitrogens is 1. The summed E-state index contributed by atoms with van der Waals surface area (Å²) in [6.07, 6.45) is 4.51. The fourth-order valence-corrected chi connectivity index (χ4v) is 4.66. The van der Waals surface area contributed by atoms with Crippen molar-refractivity contribution in [1.29, 1.82) is 0 Å². The van der Waals surface area contributed by atoms with E-state index in [0.717, 1.165) is 42.8 Å². The molecule has 0 N–H and O–H groups in total. The van der Waals surface area contributed by atoms with Crippen LogP contribution in [0.15, 0.2) is 60.7 Å². The molecule has 0 saturated carbocycles. The number of rotatable bonds is 4. The van der Waals surface area contributed by atoms with Crippen LogP contribution in [0.2, 0.25) is 0 Å². The number of ether oxygens (including phenoxy) is 1. The largest absolute Gasteiger partial charge is 0.494 e. The van der Waals surface area contributed by atoms with E-state index in [-0.39, 0.29) is 0 Å². The second-order valence-corrected chi connectivity index (χ2v) is 8.32. The molecule has 146 valence electrons. The van der Waals surface area contributed by atoms with Gasteiger partial charge in [0.2, 0.25) is 0 Å². The summed E-state index contributed by atoms with van der Waals surface area (Å²) in [5, 5.41) is 3.99. The molecule has 1 aromatic heterocycles. The van der Waals surface area contributed by atoms with Crippen molar-refractivity contribution in [3.63, 3.8) is 0 Å². The summed E-state index contributed by atoms with van der Waals surface area (Å²) in [5.41, 5.74) is 6.39. The Morgan fingerprint density at radius 1 is 0.966 bits per heavy atom. The predicted octanol–water partition coefficient (Wildman–Crippen LogP) is 6.97. The lowest BCUT2D eigenvalue weighted by molar-refractivity contribution is 0.317. The Hall–Kier alpha value is -2.87. The summed E-state index contributed by atoms with van der Waals surface area (Å²) >= 11 is 0. The smallest absolute Gasteiger partial charge is 0.119 e. The molecule has 0 saturated heterocycles. The minimum atomic E-state index is 0.697. The zero-order valence-corrected chi connectivity index (χ0v) is 17.2. The van der Waals surface area contributed by atoms with E-state index in [1.54, 1.807) is 0 Å². The van der Waals surface area contributed by atoms with Crippen LogP contribution in [0.5, 0.6) is 5.75 Å². The molecule has 5 rings (SSSR count). The second kappa shape index (κ2) is 7.51. The number of hydrogen-bond donors (Lipinski definition) is 0. The molecule has 1 aliphatic carbocycles. The van der Waals surface area contributed by atoms with Crippen molar-refractivity contribution in [2.75, 3.05) is 6.61 Å². The van der Waals surface area contributed by atoms with Crippen LogP contribution < -0.4 is 4.74 Å². The predicted molar refractivity (Wildman–Crippen MR) is 122 cm³/mol. The van der Waals surface area contributed by atoms with E-state index < -0.39 is 0 Å². The van der Waals surface area contributed by atoms with Gasteiger partial charge in [-0.3, -0.25) is 0 Å². The number of nitrogens with zero attached hydrogens (tertiary/aromatic N) is 1. The van der Waals surface area contributed by atoms with Gasteiger partial charge in [-0.25, -0.2) is 4.98 Å². The van der Waals surface area contributed by atoms with Gasteiger partial charge in [-0.05, 0) is 83.8 Å². The van der Waals surface area contributed by atoms with Gasteiger partial charge < -0.3 is 4.74 Å². The van der Waals surface area contributed by atoms with Crippen LogP contribution >= 0.6 is 0 Å². The Kier molecular flexibility index (Phi) is 4.71. The van der Waals surface area contributed by atoms with Crippen LogP contribution in [0.25, 0.3) is 32.9 Å². The van der Waals surface area contributed by atoms with E-state index in [9.17, 15) is 0 Å². The zero-order chi connectivity index (χ0) is 19.8. The van der Waals surface area contributed by atoms with E-state index in [2.05, 4.69) is 74.5 Å². The van der Waals surface area contributed by atoms with Crippen molar-refractivity contribution in [3.8, 4) is 17.0 Å². The third-order valence-corrected chi connectivity index (χ3v) is 6.13. The summed E-state index contributed by atoms with van der Waals surface area (Å²) in [7, 11) is 0. The molecule has 3 aromatic carbocycles. The standard InChI is InChI=1S/C27H27NO/c1-3-16-29-21-12-9-20(10-13-21)27-24-17-18(2)8-14-23(24)26-22-7-5-4-6-19(22)11-15-25(26)28-27/h4-7,9-13,15,18H,3,8,14,16-17H2,1-2H3/t18-/m0/s1. The first-order valence-corrected chi connectivity index (χ1v) is 10.8. The average Bonchev–Trinajstić information content (AvgIpc) is 2.77. The lowest BCUT2D eigenvalue weighted by Gasteiger charge is -2.26. The highest BCUT2D eigenvalue weighted by Gasteiger charge is 2.23. The molecule has 0 radical (unpaired) electrons.